The first-order valence-electron chi connectivity index (χ1n) is 8.79. The van der Waals surface area contributed by atoms with Crippen LogP contribution in [0.5, 0.6) is 0 Å². The van der Waals surface area contributed by atoms with E-state index in [0.29, 0.717) is 24.3 Å². The van der Waals surface area contributed by atoms with Crippen molar-refractivity contribution in [1.29, 1.82) is 0 Å². The number of benzene rings is 1. The summed E-state index contributed by atoms with van der Waals surface area (Å²) in [6, 6.07) is 6.99. The molecule has 0 spiro atoms. The van der Waals surface area contributed by atoms with Gasteiger partial charge in [0.1, 0.15) is 5.82 Å². The smallest absolute Gasteiger partial charge is 0.275 e. The summed E-state index contributed by atoms with van der Waals surface area (Å²) in [6.07, 6.45) is 0.921. The first-order valence-corrected chi connectivity index (χ1v) is 9.56. The lowest BCUT2D eigenvalue weighted by molar-refractivity contribution is 0.0437. The van der Waals surface area contributed by atoms with E-state index in [1.165, 1.54) is 17.6 Å². The summed E-state index contributed by atoms with van der Waals surface area (Å²) in [5.41, 5.74) is 1.05. The number of rotatable bonds is 4. The highest BCUT2D eigenvalue weighted by molar-refractivity contribution is 7.05. The molecule has 2 aliphatic rings. The molecule has 0 unspecified atom stereocenters. The quantitative estimate of drug-likeness (QED) is 0.818. The SMILES string of the molecule is Cc1snnc1C(=O)N1CCN2C[C@H](OCc3ccccc3F)C[C@@H]2C1. The van der Waals surface area contributed by atoms with Crippen LogP contribution in [0.3, 0.4) is 0 Å². The Labute approximate surface area is 155 Å². The number of hydrogen-bond acceptors (Lipinski definition) is 6. The molecule has 138 valence electrons. The van der Waals surface area contributed by atoms with Crippen LogP contribution in [-0.4, -0.2) is 63.6 Å². The van der Waals surface area contributed by atoms with Gasteiger partial charge in [-0.3, -0.25) is 9.69 Å². The number of piperazine rings is 1. The molecule has 1 aromatic carbocycles. The standard InChI is InChI=1S/C18H21FN4O2S/c1-12-17(20-21-26-12)18(24)23-7-6-22-10-15(8-14(22)9-23)25-11-13-4-2-3-5-16(13)19/h2-5,14-15H,6-11H2,1H3/t14-,15-/m1/s1. The van der Waals surface area contributed by atoms with Gasteiger partial charge < -0.3 is 9.64 Å². The molecule has 3 heterocycles. The van der Waals surface area contributed by atoms with Gasteiger partial charge in [-0.15, -0.1) is 5.10 Å². The van der Waals surface area contributed by atoms with Gasteiger partial charge in [-0.2, -0.15) is 0 Å². The lowest BCUT2D eigenvalue weighted by Crippen LogP contribution is -2.52. The first kappa shape index (κ1) is 17.5. The summed E-state index contributed by atoms with van der Waals surface area (Å²) in [5.74, 6) is -0.265. The Bertz CT molecular complexity index is 799. The van der Waals surface area contributed by atoms with Crippen molar-refractivity contribution in [3.8, 4) is 0 Å². The third-order valence-electron chi connectivity index (χ3n) is 5.15. The van der Waals surface area contributed by atoms with E-state index in [-0.39, 0.29) is 30.5 Å². The highest BCUT2D eigenvalue weighted by Crippen LogP contribution is 2.26. The van der Waals surface area contributed by atoms with Crippen molar-refractivity contribution >= 4 is 17.4 Å². The molecule has 6 nitrogen and oxygen atoms in total. The van der Waals surface area contributed by atoms with Crippen molar-refractivity contribution < 1.29 is 13.9 Å². The maximum absolute atomic E-state index is 13.7. The van der Waals surface area contributed by atoms with Crippen molar-refractivity contribution in [2.45, 2.75) is 32.1 Å². The molecule has 2 atom stereocenters. The Morgan fingerprint density at radius 2 is 2.19 bits per heavy atom. The molecule has 1 aromatic heterocycles. The molecule has 2 aliphatic heterocycles. The van der Waals surface area contributed by atoms with E-state index in [9.17, 15) is 9.18 Å². The predicted molar refractivity (Wildman–Crippen MR) is 95.5 cm³/mol. The van der Waals surface area contributed by atoms with Crippen LogP contribution < -0.4 is 0 Å². The van der Waals surface area contributed by atoms with Crippen molar-refractivity contribution in [2.24, 2.45) is 0 Å². The minimum atomic E-state index is -0.229. The summed E-state index contributed by atoms with van der Waals surface area (Å²) in [7, 11) is 0. The average Bonchev–Trinajstić information content (AvgIpc) is 3.25. The summed E-state index contributed by atoms with van der Waals surface area (Å²) >= 11 is 1.25. The van der Waals surface area contributed by atoms with Crippen molar-refractivity contribution in [3.63, 3.8) is 0 Å². The number of carbonyl (C=O) groups excluding carboxylic acids is 1. The second-order valence-corrected chi connectivity index (χ2v) is 7.80. The number of amides is 1. The Morgan fingerprint density at radius 1 is 1.35 bits per heavy atom. The molecule has 2 aromatic rings. The number of hydrogen-bond donors (Lipinski definition) is 0. The zero-order valence-corrected chi connectivity index (χ0v) is 15.4. The van der Waals surface area contributed by atoms with Crippen LogP contribution in [-0.2, 0) is 11.3 Å². The maximum atomic E-state index is 13.7. The molecule has 8 heteroatoms. The predicted octanol–water partition coefficient (Wildman–Crippen LogP) is 2.10. The molecule has 0 bridgehead atoms. The average molecular weight is 376 g/mol. The fraction of sp³-hybridized carbons (Fsp3) is 0.500. The fourth-order valence-corrected chi connectivity index (χ4v) is 4.16. The van der Waals surface area contributed by atoms with Crippen LogP contribution in [0.2, 0.25) is 0 Å². The summed E-state index contributed by atoms with van der Waals surface area (Å²) < 4.78 is 23.5. The van der Waals surface area contributed by atoms with Crippen LogP contribution >= 0.6 is 11.5 Å². The van der Waals surface area contributed by atoms with Crippen LogP contribution in [0.4, 0.5) is 4.39 Å². The van der Waals surface area contributed by atoms with Gasteiger partial charge >= 0.3 is 0 Å². The molecule has 2 saturated heterocycles. The highest BCUT2D eigenvalue weighted by atomic mass is 32.1. The minimum Gasteiger partial charge on any atom is -0.372 e. The summed E-state index contributed by atoms with van der Waals surface area (Å²) in [5, 5.41) is 3.97. The van der Waals surface area contributed by atoms with E-state index in [4.69, 9.17) is 4.74 Å². The Kier molecular flexibility index (Phi) is 4.97. The molecule has 0 saturated carbocycles. The van der Waals surface area contributed by atoms with Crippen LogP contribution in [0.1, 0.15) is 27.3 Å². The molecule has 26 heavy (non-hydrogen) atoms. The van der Waals surface area contributed by atoms with Crippen LogP contribution in [0.25, 0.3) is 0 Å². The number of halogens is 1. The second kappa shape index (κ2) is 7.38. The summed E-state index contributed by atoms with van der Waals surface area (Å²) in [6.45, 7) is 5.17. The molecule has 2 fully saturated rings. The van der Waals surface area contributed by atoms with Gasteiger partial charge in [-0.25, -0.2) is 4.39 Å². The zero-order valence-electron chi connectivity index (χ0n) is 14.6. The van der Waals surface area contributed by atoms with Crippen LogP contribution in [0, 0.1) is 12.7 Å². The maximum Gasteiger partial charge on any atom is 0.275 e. The van der Waals surface area contributed by atoms with Gasteiger partial charge in [0.2, 0.25) is 0 Å². The third kappa shape index (κ3) is 3.49. The van der Waals surface area contributed by atoms with Crippen LogP contribution in [0.15, 0.2) is 24.3 Å². The van der Waals surface area contributed by atoms with Crippen molar-refractivity contribution in [1.82, 2.24) is 19.4 Å². The van der Waals surface area contributed by atoms with Crippen molar-refractivity contribution in [3.05, 3.63) is 46.2 Å². The van der Waals surface area contributed by atoms with E-state index in [1.54, 1.807) is 12.1 Å². The number of aryl methyl sites for hydroxylation is 1. The molecule has 0 radical (unpaired) electrons. The lowest BCUT2D eigenvalue weighted by atomic mass is 10.1. The van der Waals surface area contributed by atoms with Gasteiger partial charge in [0, 0.05) is 37.8 Å². The largest absolute Gasteiger partial charge is 0.372 e. The number of nitrogens with zero attached hydrogens (tertiary/aromatic N) is 4. The summed E-state index contributed by atoms with van der Waals surface area (Å²) in [4.78, 5) is 17.7. The molecular formula is C18H21FN4O2S. The Balaban J connectivity index is 1.34. The normalized spacial score (nSPS) is 23.2. The molecule has 4 rings (SSSR count). The fourth-order valence-electron chi connectivity index (χ4n) is 3.70. The zero-order chi connectivity index (χ0) is 18.1. The minimum absolute atomic E-state index is 0.0355. The number of aromatic nitrogens is 2. The van der Waals surface area contributed by atoms with Gasteiger partial charge in [0.15, 0.2) is 5.69 Å². The third-order valence-corrected chi connectivity index (χ3v) is 5.78. The first-order chi connectivity index (χ1) is 12.6. The van der Waals surface area contributed by atoms with Gasteiger partial charge in [-0.1, -0.05) is 22.7 Å². The molecular weight excluding hydrogens is 355 g/mol. The molecule has 1 amide bonds. The van der Waals surface area contributed by atoms with E-state index < -0.39 is 0 Å². The monoisotopic (exact) mass is 376 g/mol. The van der Waals surface area contributed by atoms with Gasteiger partial charge in [-0.05, 0) is 30.9 Å². The second-order valence-electron chi connectivity index (χ2n) is 6.84. The lowest BCUT2D eigenvalue weighted by Gasteiger charge is -2.36. The van der Waals surface area contributed by atoms with E-state index in [2.05, 4.69) is 14.5 Å². The Morgan fingerprint density at radius 3 is 2.96 bits per heavy atom. The van der Waals surface area contributed by atoms with E-state index in [0.717, 1.165) is 24.4 Å². The van der Waals surface area contributed by atoms with Crippen molar-refractivity contribution in [2.75, 3.05) is 26.2 Å². The number of fused-ring (bicyclic) bond motifs is 1. The van der Waals surface area contributed by atoms with E-state index >= 15 is 0 Å². The number of carbonyl (C=O) groups is 1. The van der Waals surface area contributed by atoms with Gasteiger partial charge in [0.25, 0.3) is 5.91 Å². The Hall–Kier alpha value is -1.90. The van der Waals surface area contributed by atoms with Gasteiger partial charge in [0.05, 0.1) is 17.6 Å². The molecule has 0 aliphatic carbocycles. The number of ether oxygens (including phenoxy) is 1. The topological polar surface area (TPSA) is 58.6 Å². The molecule has 0 N–H and O–H groups in total. The highest BCUT2D eigenvalue weighted by Gasteiger charge is 2.38. The van der Waals surface area contributed by atoms with E-state index in [1.807, 2.05) is 17.9 Å².